The number of amides is 1. The smallest absolute Gasteiger partial charge is 0.451 e. The van der Waals surface area contributed by atoms with E-state index in [1.807, 2.05) is 24.3 Å². The van der Waals surface area contributed by atoms with Gasteiger partial charge in [-0.3, -0.25) is 0 Å². The predicted octanol–water partition coefficient (Wildman–Crippen LogP) is 1.70. The molecule has 0 aliphatic heterocycles. The molecule has 0 saturated heterocycles. The van der Waals surface area contributed by atoms with Gasteiger partial charge in [-0.2, -0.15) is 0 Å². The molecule has 0 bridgehead atoms. The fourth-order valence-corrected chi connectivity index (χ4v) is 2.33. The summed E-state index contributed by atoms with van der Waals surface area (Å²) in [4.78, 5) is 24.2. The van der Waals surface area contributed by atoms with E-state index in [1.165, 1.54) is 0 Å². The van der Waals surface area contributed by atoms with Crippen LogP contribution in [0.2, 0.25) is 6.32 Å². The van der Waals surface area contributed by atoms with Crippen LogP contribution in [0.15, 0.2) is 24.3 Å². The van der Waals surface area contributed by atoms with Crippen LogP contribution in [-0.4, -0.2) is 47.5 Å². The summed E-state index contributed by atoms with van der Waals surface area (Å²) in [7, 11) is -1.36. The van der Waals surface area contributed by atoms with Crippen molar-refractivity contribution in [3.63, 3.8) is 0 Å². The largest absolute Gasteiger partial charge is 0.464 e. The summed E-state index contributed by atoms with van der Waals surface area (Å²) in [5, 5.41) is 20.5. The molecule has 1 rings (SSSR count). The molecule has 0 heterocycles. The van der Waals surface area contributed by atoms with Crippen LogP contribution < -0.4 is 5.32 Å². The number of hydrogen-bond donors (Lipinski definition) is 3. The number of ether oxygens (including phenoxy) is 2. The van der Waals surface area contributed by atoms with Crippen molar-refractivity contribution in [2.45, 2.75) is 58.5 Å². The van der Waals surface area contributed by atoms with Crippen LogP contribution in [-0.2, 0) is 27.1 Å². The Kier molecular flexibility index (Phi) is 8.61. The maximum absolute atomic E-state index is 12.2. The normalized spacial score (nSPS) is 12.2. The van der Waals surface area contributed by atoms with Gasteiger partial charge in [0.25, 0.3) is 0 Å². The molecule has 1 aromatic carbocycles. The van der Waals surface area contributed by atoms with Gasteiger partial charge >= 0.3 is 19.2 Å². The predicted molar refractivity (Wildman–Crippen MR) is 98.6 cm³/mol. The van der Waals surface area contributed by atoms with Crippen molar-refractivity contribution in [3.8, 4) is 0 Å². The topological polar surface area (TPSA) is 105 Å². The number of carbonyl (C=O) groups is 2. The second-order valence-corrected chi connectivity index (χ2v) is 6.99. The molecule has 144 valence electrons. The molecular formula is C18H28BNO6. The van der Waals surface area contributed by atoms with Crippen LogP contribution in [0.1, 0.15) is 38.8 Å². The van der Waals surface area contributed by atoms with Gasteiger partial charge in [-0.1, -0.05) is 24.3 Å². The lowest BCUT2D eigenvalue weighted by molar-refractivity contribution is -0.145. The van der Waals surface area contributed by atoms with Crippen molar-refractivity contribution in [2.75, 3.05) is 6.61 Å². The summed E-state index contributed by atoms with van der Waals surface area (Å²) in [6.07, 6.45) is 0.277. The molecule has 0 spiro atoms. The number of esters is 1. The molecule has 26 heavy (non-hydrogen) atoms. The first-order chi connectivity index (χ1) is 12.1. The Morgan fingerprint density at radius 2 is 1.88 bits per heavy atom. The SMILES string of the molecule is CCOC(=O)C(Cc1cccc(CCB(O)O)c1)NC(=O)OC(C)(C)C. The van der Waals surface area contributed by atoms with Crippen LogP contribution in [0.3, 0.4) is 0 Å². The number of benzene rings is 1. The molecule has 1 unspecified atom stereocenters. The molecule has 0 aliphatic carbocycles. The van der Waals surface area contributed by atoms with E-state index in [0.29, 0.717) is 6.42 Å². The lowest BCUT2D eigenvalue weighted by Gasteiger charge is -2.23. The Morgan fingerprint density at radius 3 is 2.46 bits per heavy atom. The van der Waals surface area contributed by atoms with Crippen molar-refractivity contribution < 1.29 is 29.1 Å². The molecular weight excluding hydrogens is 337 g/mol. The molecule has 0 saturated carbocycles. The number of alkyl carbamates (subject to hydrolysis) is 1. The van der Waals surface area contributed by atoms with Crippen LogP contribution in [0.4, 0.5) is 4.79 Å². The van der Waals surface area contributed by atoms with Gasteiger partial charge in [-0.05, 0) is 51.6 Å². The van der Waals surface area contributed by atoms with E-state index in [2.05, 4.69) is 5.32 Å². The number of carbonyl (C=O) groups excluding carboxylic acids is 2. The minimum absolute atomic E-state index is 0.208. The number of nitrogens with one attached hydrogen (secondary N) is 1. The summed E-state index contributed by atoms with van der Waals surface area (Å²) in [6.45, 7) is 7.13. The van der Waals surface area contributed by atoms with Crippen LogP contribution in [0.5, 0.6) is 0 Å². The first-order valence-electron chi connectivity index (χ1n) is 8.71. The van der Waals surface area contributed by atoms with Crippen LogP contribution in [0.25, 0.3) is 0 Å². The van der Waals surface area contributed by atoms with Crippen molar-refractivity contribution in [1.29, 1.82) is 0 Å². The Bertz CT molecular complexity index is 600. The maximum atomic E-state index is 12.2. The van der Waals surface area contributed by atoms with E-state index in [0.717, 1.165) is 11.1 Å². The summed E-state index contributed by atoms with van der Waals surface area (Å²) in [6, 6.07) is 6.52. The van der Waals surface area contributed by atoms with E-state index in [9.17, 15) is 9.59 Å². The summed E-state index contributed by atoms with van der Waals surface area (Å²) < 4.78 is 10.3. The van der Waals surface area contributed by atoms with Gasteiger partial charge in [-0.15, -0.1) is 0 Å². The van der Waals surface area contributed by atoms with Crippen LogP contribution >= 0.6 is 0 Å². The van der Waals surface area contributed by atoms with Crippen molar-refractivity contribution in [3.05, 3.63) is 35.4 Å². The highest BCUT2D eigenvalue weighted by Crippen LogP contribution is 2.12. The van der Waals surface area contributed by atoms with E-state index in [4.69, 9.17) is 19.5 Å². The van der Waals surface area contributed by atoms with Gasteiger partial charge in [0.15, 0.2) is 0 Å². The van der Waals surface area contributed by atoms with E-state index < -0.39 is 30.8 Å². The van der Waals surface area contributed by atoms with Gasteiger partial charge in [-0.25, -0.2) is 9.59 Å². The third-order valence-electron chi connectivity index (χ3n) is 3.38. The summed E-state index contributed by atoms with van der Waals surface area (Å²) >= 11 is 0. The van der Waals surface area contributed by atoms with Gasteiger partial charge < -0.3 is 24.8 Å². The zero-order valence-corrected chi connectivity index (χ0v) is 15.8. The Labute approximate surface area is 154 Å². The van der Waals surface area contributed by atoms with E-state index >= 15 is 0 Å². The fourth-order valence-electron chi connectivity index (χ4n) is 2.33. The highest BCUT2D eigenvalue weighted by Gasteiger charge is 2.25. The number of hydrogen-bond acceptors (Lipinski definition) is 6. The van der Waals surface area contributed by atoms with Gasteiger partial charge in [0.2, 0.25) is 0 Å². The first-order valence-corrected chi connectivity index (χ1v) is 8.71. The Balaban J connectivity index is 2.83. The van der Waals surface area contributed by atoms with Gasteiger partial charge in [0.05, 0.1) is 6.61 Å². The van der Waals surface area contributed by atoms with Crippen LogP contribution in [0, 0.1) is 0 Å². The average Bonchev–Trinajstić information content (AvgIpc) is 2.51. The highest BCUT2D eigenvalue weighted by molar-refractivity contribution is 6.40. The Morgan fingerprint density at radius 1 is 1.23 bits per heavy atom. The highest BCUT2D eigenvalue weighted by atomic mass is 16.6. The fraction of sp³-hybridized carbons (Fsp3) is 0.556. The Hall–Kier alpha value is -2.06. The summed E-state index contributed by atoms with van der Waals surface area (Å²) in [5.41, 5.74) is 1.06. The quantitative estimate of drug-likeness (QED) is 0.478. The standard InChI is InChI=1S/C18H28BNO6/c1-5-25-16(21)15(20-17(22)26-18(2,3)4)12-14-8-6-7-13(11-14)9-10-19(23)24/h6-8,11,15,23-24H,5,9-10,12H2,1-4H3,(H,20,22). The summed E-state index contributed by atoms with van der Waals surface area (Å²) in [5.74, 6) is -0.533. The lowest BCUT2D eigenvalue weighted by atomic mass is 9.82. The number of aryl methyl sites for hydroxylation is 1. The van der Waals surface area contributed by atoms with Gasteiger partial charge in [0, 0.05) is 6.42 Å². The minimum atomic E-state index is -1.36. The minimum Gasteiger partial charge on any atom is -0.464 e. The molecule has 3 N–H and O–H groups in total. The molecule has 1 amide bonds. The maximum Gasteiger partial charge on any atom is 0.451 e. The second kappa shape index (κ2) is 10.2. The lowest BCUT2D eigenvalue weighted by Crippen LogP contribution is -2.45. The van der Waals surface area contributed by atoms with Gasteiger partial charge in [0.1, 0.15) is 11.6 Å². The first kappa shape index (κ1) is 22.0. The van der Waals surface area contributed by atoms with Crippen molar-refractivity contribution >= 4 is 19.2 Å². The molecule has 0 fully saturated rings. The average molecular weight is 365 g/mol. The van der Waals surface area contributed by atoms with E-state index in [1.54, 1.807) is 27.7 Å². The van der Waals surface area contributed by atoms with E-state index in [-0.39, 0.29) is 19.3 Å². The monoisotopic (exact) mass is 365 g/mol. The molecule has 1 atom stereocenters. The zero-order valence-electron chi connectivity index (χ0n) is 15.8. The molecule has 8 heteroatoms. The molecule has 1 aromatic rings. The second-order valence-electron chi connectivity index (χ2n) is 6.99. The van der Waals surface area contributed by atoms with Crippen molar-refractivity contribution in [2.24, 2.45) is 0 Å². The third kappa shape index (κ3) is 8.87. The number of rotatable bonds is 8. The molecule has 0 radical (unpaired) electrons. The third-order valence-corrected chi connectivity index (χ3v) is 3.38. The molecule has 7 nitrogen and oxygen atoms in total. The molecule has 0 aromatic heterocycles. The zero-order chi connectivity index (χ0) is 19.7. The van der Waals surface area contributed by atoms with Crippen molar-refractivity contribution in [1.82, 2.24) is 5.32 Å². The molecule has 0 aliphatic rings.